The van der Waals surface area contributed by atoms with Gasteiger partial charge in [-0.25, -0.2) is 0 Å². The number of nitrogens with one attached hydrogen (secondary N) is 2. The number of nitro benzene ring substituents is 1. The fourth-order valence-corrected chi connectivity index (χ4v) is 2.92. The third kappa shape index (κ3) is 4.48. The fourth-order valence-electron chi connectivity index (χ4n) is 2.15. The minimum Gasteiger partial charge on any atom is -0.387 e. The molecule has 0 aliphatic rings. The van der Waals surface area contributed by atoms with Gasteiger partial charge in [0.15, 0.2) is 0 Å². The first-order valence-electron chi connectivity index (χ1n) is 7.65. The second-order valence-corrected chi connectivity index (χ2v) is 6.21. The van der Waals surface area contributed by atoms with Gasteiger partial charge >= 0.3 is 0 Å². The maximum absolute atomic E-state index is 12.4. The summed E-state index contributed by atoms with van der Waals surface area (Å²) < 4.78 is 0. The van der Waals surface area contributed by atoms with Crippen molar-refractivity contribution in [1.82, 2.24) is 10.2 Å². The van der Waals surface area contributed by atoms with Crippen molar-refractivity contribution >= 4 is 33.8 Å². The molecule has 24 heavy (non-hydrogen) atoms. The molecule has 2 rings (SSSR count). The number of nitrogens with zero attached hydrogens (tertiary/aromatic N) is 3. The Kier molecular flexibility index (Phi) is 6.19. The highest BCUT2D eigenvalue weighted by atomic mass is 32.1. The van der Waals surface area contributed by atoms with Crippen LogP contribution in [0.3, 0.4) is 0 Å². The Hall–Kier alpha value is -2.55. The molecule has 0 spiro atoms. The van der Waals surface area contributed by atoms with Crippen molar-refractivity contribution in [2.75, 3.05) is 17.7 Å². The van der Waals surface area contributed by atoms with Crippen LogP contribution in [0.4, 0.5) is 16.5 Å². The Morgan fingerprint density at radius 3 is 2.79 bits per heavy atom. The van der Waals surface area contributed by atoms with Gasteiger partial charge in [-0.1, -0.05) is 31.1 Å². The zero-order chi connectivity index (χ0) is 17.5. The van der Waals surface area contributed by atoms with Gasteiger partial charge in [0.1, 0.15) is 5.01 Å². The van der Waals surface area contributed by atoms with Gasteiger partial charge in [-0.15, -0.1) is 10.2 Å². The van der Waals surface area contributed by atoms with E-state index in [4.69, 9.17) is 0 Å². The predicted molar refractivity (Wildman–Crippen MR) is 93.7 cm³/mol. The van der Waals surface area contributed by atoms with Gasteiger partial charge in [0.05, 0.1) is 10.5 Å². The van der Waals surface area contributed by atoms with Crippen LogP contribution in [-0.4, -0.2) is 28.1 Å². The highest BCUT2D eigenvalue weighted by Crippen LogP contribution is 2.24. The second kappa shape index (κ2) is 8.34. The number of nitro groups is 1. The molecule has 1 aromatic carbocycles. The summed E-state index contributed by atoms with van der Waals surface area (Å²) >= 11 is 1.32. The zero-order valence-corrected chi connectivity index (χ0v) is 14.4. The molecule has 2 aromatic rings. The largest absolute Gasteiger partial charge is 0.387 e. The predicted octanol–water partition coefficient (Wildman–Crippen LogP) is 3.47. The lowest BCUT2D eigenvalue weighted by Crippen LogP contribution is -2.14. The van der Waals surface area contributed by atoms with Crippen LogP contribution in [0.1, 0.15) is 41.6 Å². The summed E-state index contributed by atoms with van der Waals surface area (Å²) in [4.78, 5) is 22.8. The molecule has 0 atom stereocenters. The summed E-state index contributed by atoms with van der Waals surface area (Å²) in [6, 6.07) is 4.09. The standard InChI is InChI=1S/C15H19N5O3S/c1-3-4-5-6-13-18-19-15(24-13)17-14(21)11-9-10(20(22)23)7-8-12(11)16-2/h7-9,16H,3-6H2,1-2H3,(H,17,19,21). The number of aromatic nitrogens is 2. The first kappa shape index (κ1) is 17.8. The summed E-state index contributed by atoms with van der Waals surface area (Å²) in [7, 11) is 1.65. The lowest BCUT2D eigenvalue weighted by atomic mass is 10.1. The number of aryl methyl sites for hydroxylation is 1. The van der Waals surface area contributed by atoms with Crippen LogP contribution >= 0.6 is 11.3 Å². The van der Waals surface area contributed by atoms with Crippen molar-refractivity contribution in [2.45, 2.75) is 32.6 Å². The number of amides is 1. The normalized spacial score (nSPS) is 10.4. The number of unbranched alkanes of at least 4 members (excludes halogenated alkanes) is 2. The van der Waals surface area contributed by atoms with Crippen LogP contribution in [0.25, 0.3) is 0 Å². The number of carbonyl (C=O) groups excluding carboxylic acids is 1. The molecule has 9 heteroatoms. The Balaban J connectivity index is 2.12. The molecular weight excluding hydrogens is 330 g/mol. The number of rotatable bonds is 8. The molecule has 0 saturated heterocycles. The van der Waals surface area contributed by atoms with Crippen LogP contribution in [0.15, 0.2) is 18.2 Å². The average molecular weight is 349 g/mol. The number of hydrogen-bond acceptors (Lipinski definition) is 7. The van der Waals surface area contributed by atoms with E-state index in [-0.39, 0.29) is 11.3 Å². The lowest BCUT2D eigenvalue weighted by Gasteiger charge is -2.07. The zero-order valence-electron chi connectivity index (χ0n) is 13.5. The highest BCUT2D eigenvalue weighted by Gasteiger charge is 2.17. The van der Waals surface area contributed by atoms with Gasteiger partial charge in [0.2, 0.25) is 5.13 Å². The molecule has 0 saturated carbocycles. The van der Waals surface area contributed by atoms with Crippen LogP contribution in [0, 0.1) is 10.1 Å². The number of carbonyl (C=O) groups is 1. The van der Waals surface area contributed by atoms with E-state index in [2.05, 4.69) is 27.8 Å². The maximum atomic E-state index is 12.4. The second-order valence-electron chi connectivity index (χ2n) is 5.15. The van der Waals surface area contributed by atoms with E-state index in [9.17, 15) is 14.9 Å². The minimum atomic E-state index is -0.535. The van der Waals surface area contributed by atoms with Crippen molar-refractivity contribution in [3.05, 3.63) is 38.9 Å². The van der Waals surface area contributed by atoms with Gasteiger partial charge in [0.25, 0.3) is 11.6 Å². The summed E-state index contributed by atoms with van der Waals surface area (Å²) in [5.74, 6) is -0.459. The van der Waals surface area contributed by atoms with E-state index < -0.39 is 10.8 Å². The number of non-ortho nitro benzene ring substituents is 1. The molecule has 0 aliphatic heterocycles. The van der Waals surface area contributed by atoms with E-state index in [0.29, 0.717) is 10.8 Å². The van der Waals surface area contributed by atoms with E-state index in [1.54, 1.807) is 7.05 Å². The SMILES string of the molecule is CCCCCc1nnc(NC(=O)c2cc([N+](=O)[O-])ccc2NC)s1. The quantitative estimate of drug-likeness (QED) is 0.429. The molecule has 8 nitrogen and oxygen atoms in total. The topological polar surface area (TPSA) is 110 Å². The summed E-state index contributed by atoms with van der Waals surface area (Å²) in [6.07, 6.45) is 4.12. The first-order chi connectivity index (χ1) is 11.5. The Morgan fingerprint density at radius 1 is 1.33 bits per heavy atom. The highest BCUT2D eigenvalue weighted by molar-refractivity contribution is 7.15. The summed E-state index contributed by atoms with van der Waals surface area (Å²) in [6.45, 7) is 2.13. The molecule has 2 N–H and O–H groups in total. The molecule has 1 aromatic heterocycles. The van der Waals surface area contributed by atoms with E-state index in [0.717, 1.165) is 30.7 Å². The van der Waals surface area contributed by atoms with Gasteiger partial charge in [0, 0.05) is 31.3 Å². The molecule has 1 amide bonds. The minimum absolute atomic E-state index is 0.142. The van der Waals surface area contributed by atoms with Crippen molar-refractivity contribution in [2.24, 2.45) is 0 Å². The monoisotopic (exact) mass is 349 g/mol. The molecular formula is C15H19N5O3S. The Labute approximate surface area is 143 Å². The molecule has 1 heterocycles. The Morgan fingerprint density at radius 2 is 2.12 bits per heavy atom. The first-order valence-corrected chi connectivity index (χ1v) is 8.46. The van der Waals surface area contributed by atoms with Gasteiger partial charge in [-0.2, -0.15) is 0 Å². The van der Waals surface area contributed by atoms with Crippen molar-refractivity contribution in [3.8, 4) is 0 Å². The van der Waals surface area contributed by atoms with Gasteiger partial charge in [-0.3, -0.25) is 20.2 Å². The number of benzene rings is 1. The van der Waals surface area contributed by atoms with Crippen LogP contribution in [-0.2, 0) is 6.42 Å². The molecule has 0 radical (unpaired) electrons. The van der Waals surface area contributed by atoms with Crippen molar-refractivity contribution in [1.29, 1.82) is 0 Å². The molecule has 0 bridgehead atoms. The third-order valence-corrected chi connectivity index (χ3v) is 4.31. The fraction of sp³-hybridized carbons (Fsp3) is 0.400. The summed E-state index contributed by atoms with van der Waals surface area (Å²) in [5.41, 5.74) is 0.553. The van der Waals surface area contributed by atoms with E-state index in [1.807, 2.05) is 0 Å². The smallest absolute Gasteiger partial charge is 0.270 e. The third-order valence-electron chi connectivity index (χ3n) is 3.41. The average Bonchev–Trinajstić information content (AvgIpc) is 3.01. The number of hydrogen-bond donors (Lipinski definition) is 2. The molecule has 128 valence electrons. The molecule has 0 fully saturated rings. The molecule has 0 aliphatic carbocycles. The van der Waals surface area contributed by atoms with Crippen molar-refractivity contribution in [3.63, 3.8) is 0 Å². The van der Waals surface area contributed by atoms with Gasteiger partial charge in [-0.05, 0) is 12.5 Å². The Bertz CT molecular complexity index is 732. The van der Waals surface area contributed by atoms with Crippen molar-refractivity contribution < 1.29 is 9.72 Å². The molecule has 0 unspecified atom stereocenters. The van der Waals surface area contributed by atoms with Crippen LogP contribution < -0.4 is 10.6 Å². The number of anilines is 2. The maximum Gasteiger partial charge on any atom is 0.270 e. The van der Waals surface area contributed by atoms with Crippen LogP contribution in [0.5, 0.6) is 0 Å². The van der Waals surface area contributed by atoms with Gasteiger partial charge < -0.3 is 5.32 Å². The van der Waals surface area contributed by atoms with E-state index in [1.165, 1.54) is 29.5 Å². The van der Waals surface area contributed by atoms with Crippen LogP contribution in [0.2, 0.25) is 0 Å². The van der Waals surface area contributed by atoms with E-state index >= 15 is 0 Å². The summed E-state index contributed by atoms with van der Waals surface area (Å²) in [5, 5.41) is 25.7. The lowest BCUT2D eigenvalue weighted by molar-refractivity contribution is -0.384.